The van der Waals surface area contributed by atoms with Gasteiger partial charge in [0.05, 0.1) is 31.3 Å². The van der Waals surface area contributed by atoms with Gasteiger partial charge in [-0.1, -0.05) is 0 Å². The molecule has 4 rings (SSSR count). The van der Waals surface area contributed by atoms with E-state index in [1.165, 1.54) is 6.20 Å². The van der Waals surface area contributed by atoms with Gasteiger partial charge in [0.25, 0.3) is 5.91 Å². The summed E-state index contributed by atoms with van der Waals surface area (Å²) in [6.45, 7) is 2.22. The second-order valence-corrected chi connectivity index (χ2v) is 5.53. The number of hydrogen-bond donors (Lipinski definition) is 2. The number of morpholine rings is 1. The first-order valence-corrected chi connectivity index (χ1v) is 7.65. The van der Waals surface area contributed by atoms with Crippen molar-refractivity contribution < 1.29 is 9.53 Å². The molecule has 1 amide bonds. The van der Waals surface area contributed by atoms with E-state index in [9.17, 15) is 4.79 Å². The number of nitrogens with one attached hydrogen (secondary N) is 1. The lowest BCUT2D eigenvalue weighted by atomic mass is 10.1. The highest BCUT2D eigenvalue weighted by atomic mass is 16.5. The summed E-state index contributed by atoms with van der Waals surface area (Å²) >= 11 is 0. The first kappa shape index (κ1) is 14.6. The molecule has 3 aromatic heterocycles. The molecule has 1 saturated heterocycles. The van der Waals surface area contributed by atoms with Crippen molar-refractivity contribution in [3.63, 3.8) is 0 Å². The van der Waals surface area contributed by atoms with Crippen molar-refractivity contribution in [2.45, 2.75) is 0 Å². The maximum Gasteiger partial charge on any atom is 0.274 e. The molecule has 0 radical (unpaired) electrons. The quantitative estimate of drug-likeness (QED) is 0.730. The molecule has 3 aromatic rings. The van der Waals surface area contributed by atoms with E-state index < -0.39 is 0 Å². The third-order valence-electron chi connectivity index (χ3n) is 3.98. The van der Waals surface area contributed by atoms with Gasteiger partial charge < -0.3 is 20.4 Å². The number of hydrogen-bond acceptors (Lipinski definition) is 6. The Morgan fingerprint density at radius 3 is 2.92 bits per heavy atom. The van der Waals surface area contributed by atoms with Gasteiger partial charge in [0.1, 0.15) is 17.2 Å². The predicted molar refractivity (Wildman–Crippen MR) is 88.3 cm³/mol. The zero-order chi connectivity index (χ0) is 16.5. The Balaban J connectivity index is 1.74. The number of rotatable bonds is 2. The molecular weight excluding hydrogens is 308 g/mol. The zero-order valence-electron chi connectivity index (χ0n) is 12.9. The van der Waals surface area contributed by atoms with Gasteiger partial charge >= 0.3 is 0 Å². The van der Waals surface area contributed by atoms with E-state index in [4.69, 9.17) is 10.5 Å². The van der Waals surface area contributed by atoms with E-state index in [0.29, 0.717) is 49.2 Å². The van der Waals surface area contributed by atoms with E-state index in [1.807, 2.05) is 6.07 Å². The van der Waals surface area contributed by atoms with E-state index in [1.54, 1.807) is 23.4 Å². The second-order valence-electron chi connectivity index (χ2n) is 5.53. The number of nitrogens with two attached hydrogens (primary N) is 1. The van der Waals surface area contributed by atoms with Crippen molar-refractivity contribution in [1.82, 2.24) is 24.8 Å². The summed E-state index contributed by atoms with van der Waals surface area (Å²) in [6.07, 6.45) is 4.90. The molecule has 3 N–H and O–H groups in total. The van der Waals surface area contributed by atoms with E-state index >= 15 is 0 Å². The Morgan fingerprint density at radius 2 is 2.08 bits per heavy atom. The van der Waals surface area contributed by atoms with Gasteiger partial charge in [-0.25, -0.2) is 9.97 Å². The lowest BCUT2D eigenvalue weighted by Crippen LogP contribution is -2.41. The van der Waals surface area contributed by atoms with Crippen LogP contribution in [0.3, 0.4) is 0 Å². The number of aromatic amines is 1. The summed E-state index contributed by atoms with van der Waals surface area (Å²) in [5.41, 5.74) is 8.24. The maximum absolute atomic E-state index is 12.6. The topological polar surface area (TPSA) is 110 Å². The molecule has 1 fully saturated rings. The standard InChI is InChI=1S/C16H16N6O2/c17-14-7-11(10-1-2-19-15(10)21-14)12-8-18-9-13(20-12)16(23)22-3-5-24-6-4-22/h1-2,7-9H,3-6H2,(H3,17,19,21). The van der Waals surface area contributed by atoms with Crippen LogP contribution >= 0.6 is 0 Å². The van der Waals surface area contributed by atoms with Crippen molar-refractivity contribution >= 4 is 22.8 Å². The fraction of sp³-hybridized carbons (Fsp3) is 0.250. The summed E-state index contributed by atoms with van der Waals surface area (Å²) in [4.78, 5) is 30.3. The number of anilines is 1. The average Bonchev–Trinajstić information content (AvgIpc) is 3.09. The van der Waals surface area contributed by atoms with Crippen LogP contribution in [-0.4, -0.2) is 57.0 Å². The first-order valence-electron chi connectivity index (χ1n) is 7.65. The lowest BCUT2D eigenvalue weighted by Gasteiger charge is -2.26. The molecule has 0 aromatic carbocycles. The Hall–Kier alpha value is -3.00. The molecule has 0 saturated carbocycles. The number of carbonyl (C=O) groups is 1. The number of H-pyrrole nitrogens is 1. The Kier molecular flexibility index (Phi) is 3.58. The molecule has 0 unspecified atom stereocenters. The third kappa shape index (κ3) is 2.56. The van der Waals surface area contributed by atoms with Gasteiger partial charge in [0.15, 0.2) is 0 Å². The van der Waals surface area contributed by atoms with Crippen LogP contribution in [0.2, 0.25) is 0 Å². The van der Waals surface area contributed by atoms with Crippen LogP contribution in [0.25, 0.3) is 22.3 Å². The van der Waals surface area contributed by atoms with Crippen molar-refractivity contribution in [2.75, 3.05) is 32.0 Å². The number of nitrogens with zero attached hydrogens (tertiary/aromatic N) is 4. The largest absolute Gasteiger partial charge is 0.384 e. The van der Waals surface area contributed by atoms with Crippen molar-refractivity contribution in [3.8, 4) is 11.3 Å². The molecule has 0 atom stereocenters. The molecule has 4 heterocycles. The summed E-state index contributed by atoms with van der Waals surface area (Å²) < 4.78 is 5.28. The van der Waals surface area contributed by atoms with Crippen LogP contribution in [-0.2, 0) is 4.74 Å². The molecule has 0 spiro atoms. The van der Waals surface area contributed by atoms with Crippen molar-refractivity contribution in [1.29, 1.82) is 0 Å². The molecule has 1 aliphatic heterocycles. The van der Waals surface area contributed by atoms with E-state index in [-0.39, 0.29) is 5.91 Å². The van der Waals surface area contributed by atoms with Crippen LogP contribution in [0.15, 0.2) is 30.7 Å². The zero-order valence-corrected chi connectivity index (χ0v) is 12.9. The van der Waals surface area contributed by atoms with Gasteiger partial charge in [-0.3, -0.25) is 9.78 Å². The summed E-state index contributed by atoms with van der Waals surface area (Å²) in [5, 5.41) is 0.884. The van der Waals surface area contributed by atoms with Gasteiger partial charge in [0, 0.05) is 30.2 Å². The SMILES string of the molecule is Nc1cc(-c2cncc(C(=O)N3CCOCC3)n2)c2cc[nH]c2n1. The monoisotopic (exact) mass is 324 g/mol. The second kappa shape index (κ2) is 5.89. The molecule has 1 aliphatic rings. The molecule has 0 aliphatic carbocycles. The number of aromatic nitrogens is 4. The molecule has 8 heteroatoms. The van der Waals surface area contributed by atoms with Crippen molar-refractivity contribution in [3.05, 3.63) is 36.4 Å². The summed E-state index contributed by atoms with van der Waals surface area (Å²) in [7, 11) is 0. The van der Waals surface area contributed by atoms with E-state index in [2.05, 4.69) is 19.9 Å². The van der Waals surface area contributed by atoms with Gasteiger partial charge in [0.2, 0.25) is 0 Å². The summed E-state index contributed by atoms with van der Waals surface area (Å²) in [6, 6.07) is 3.64. The third-order valence-corrected chi connectivity index (χ3v) is 3.98. The van der Waals surface area contributed by atoms with Crippen molar-refractivity contribution in [2.24, 2.45) is 0 Å². The normalized spacial score (nSPS) is 14.9. The fourth-order valence-corrected chi connectivity index (χ4v) is 2.80. The number of amides is 1. The van der Waals surface area contributed by atoms with Crippen LogP contribution < -0.4 is 5.73 Å². The number of ether oxygens (including phenoxy) is 1. The maximum atomic E-state index is 12.6. The minimum absolute atomic E-state index is 0.139. The minimum Gasteiger partial charge on any atom is -0.384 e. The van der Waals surface area contributed by atoms with E-state index in [0.717, 1.165) is 10.9 Å². The fourth-order valence-electron chi connectivity index (χ4n) is 2.80. The Bertz CT molecular complexity index is 900. The first-order chi connectivity index (χ1) is 11.7. The molecule has 0 bridgehead atoms. The van der Waals surface area contributed by atoms with Gasteiger partial charge in [-0.2, -0.15) is 0 Å². The number of nitrogen functional groups attached to an aromatic ring is 1. The lowest BCUT2D eigenvalue weighted by molar-refractivity contribution is 0.0299. The van der Waals surface area contributed by atoms with Crippen LogP contribution in [0.4, 0.5) is 5.82 Å². The van der Waals surface area contributed by atoms with Crippen LogP contribution in [0.5, 0.6) is 0 Å². The highest BCUT2D eigenvalue weighted by Gasteiger charge is 2.21. The highest BCUT2D eigenvalue weighted by Crippen LogP contribution is 2.27. The number of carbonyl (C=O) groups excluding carboxylic acids is 1. The minimum atomic E-state index is -0.139. The molecular formula is C16H16N6O2. The van der Waals surface area contributed by atoms with Gasteiger partial charge in [-0.05, 0) is 12.1 Å². The van der Waals surface area contributed by atoms with Gasteiger partial charge in [-0.15, -0.1) is 0 Å². The molecule has 122 valence electrons. The predicted octanol–water partition coefficient (Wildman–Crippen LogP) is 1.07. The molecule has 8 nitrogen and oxygen atoms in total. The van der Waals surface area contributed by atoms with Crippen LogP contribution in [0, 0.1) is 0 Å². The number of pyridine rings is 1. The highest BCUT2D eigenvalue weighted by molar-refractivity contribution is 5.95. The summed E-state index contributed by atoms with van der Waals surface area (Å²) in [5.74, 6) is 0.242. The smallest absolute Gasteiger partial charge is 0.274 e. The average molecular weight is 324 g/mol. The number of fused-ring (bicyclic) bond motifs is 1. The molecule has 24 heavy (non-hydrogen) atoms. The Labute approximate surface area is 137 Å². The van der Waals surface area contributed by atoms with Crippen LogP contribution in [0.1, 0.15) is 10.5 Å². The Morgan fingerprint density at radius 1 is 1.25 bits per heavy atom.